The molecule has 1 aliphatic rings. The van der Waals surface area contributed by atoms with Gasteiger partial charge >= 0.3 is 0 Å². The van der Waals surface area contributed by atoms with Crippen LogP contribution in [0.4, 0.5) is 11.4 Å². The summed E-state index contributed by atoms with van der Waals surface area (Å²) in [5.74, 6) is -0.318. The van der Waals surface area contributed by atoms with E-state index in [0.29, 0.717) is 5.56 Å². The first-order chi connectivity index (χ1) is 13.6. The molecule has 0 unspecified atom stereocenters. The lowest BCUT2D eigenvalue weighted by molar-refractivity contribution is 0.102. The number of para-hydroxylation sites is 2. The Bertz CT molecular complexity index is 1000. The Morgan fingerprint density at radius 3 is 2.34 bits per heavy atom. The maximum absolute atomic E-state index is 13.0. The number of nitrogens with zero attached hydrogens (tertiary/aromatic N) is 1. The van der Waals surface area contributed by atoms with E-state index < -0.39 is 15.6 Å². The molecule has 1 saturated heterocycles. The van der Waals surface area contributed by atoms with Crippen molar-refractivity contribution in [1.29, 1.82) is 0 Å². The maximum atomic E-state index is 13.0. The molecule has 1 fully saturated rings. The van der Waals surface area contributed by atoms with Crippen molar-refractivity contribution in [2.24, 2.45) is 0 Å². The fourth-order valence-corrected chi connectivity index (χ4v) is 4.92. The van der Waals surface area contributed by atoms with E-state index in [2.05, 4.69) is 14.9 Å². The summed E-state index contributed by atoms with van der Waals surface area (Å²) < 4.78 is 28.0. The van der Waals surface area contributed by atoms with Gasteiger partial charge in [0.05, 0.1) is 16.3 Å². The zero-order chi connectivity index (χ0) is 21.2. The van der Waals surface area contributed by atoms with Crippen LogP contribution in [-0.4, -0.2) is 33.0 Å². The Hall–Kier alpha value is -2.38. The molecule has 2 N–H and O–H groups in total. The van der Waals surface area contributed by atoms with Crippen LogP contribution in [0.3, 0.4) is 0 Å². The van der Waals surface area contributed by atoms with Crippen molar-refractivity contribution in [2.45, 2.75) is 51.0 Å². The van der Waals surface area contributed by atoms with E-state index in [1.54, 1.807) is 33.8 Å². The molecule has 1 aliphatic heterocycles. The number of aryl methyl sites for hydroxylation is 1. The van der Waals surface area contributed by atoms with Crippen LogP contribution < -0.4 is 14.9 Å². The van der Waals surface area contributed by atoms with Crippen molar-refractivity contribution >= 4 is 27.3 Å². The van der Waals surface area contributed by atoms with Crippen molar-refractivity contribution in [3.8, 4) is 0 Å². The molecule has 29 heavy (non-hydrogen) atoms. The zero-order valence-corrected chi connectivity index (χ0v) is 18.3. The number of carbonyl (C=O) groups excluding carboxylic acids is 1. The monoisotopic (exact) mass is 415 g/mol. The molecule has 2 aromatic rings. The minimum absolute atomic E-state index is 0.0796. The van der Waals surface area contributed by atoms with Crippen LogP contribution in [0.2, 0.25) is 0 Å². The minimum Gasteiger partial charge on any atom is -0.370 e. The van der Waals surface area contributed by atoms with Gasteiger partial charge in [-0.1, -0.05) is 18.2 Å². The summed E-state index contributed by atoms with van der Waals surface area (Å²) in [6, 6.07) is 12.4. The third-order valence-electron chi connectivity index (χ3n) is 4.80. The highest BCUT2D eigenvalue weighted by Crippen LogP contribution is 2.29. The van der Waals surface area contributed by atoms with E-state index in [0.717, 1.165) is 42.9 Å². The molecule has 1 heterocycles. The van der Waals surface area contributed by atoms with Crippen LogP contribution in [-0.2, 0) is 10.0 Å². The molecular weight excluding hydrogens is 386 g/mol. The molecule has 0 atom stereocenters. The number of hydrogen-bond donors (Lipinski definition) is 2. The van der Waals surface area contributed by atoms with Gasteiger partial charge in [-0.2, -0.15) is 0 Å². The first-order valence-corrected chi connectivity index (χ1v) is 11.4. The van der Waals surface area contributed by atoms with Crippen LogP contribution in [0.15, 0.2) is 47.4 Å². The highest BCUT2D eigenvalue weighted by atomic mass is 32.2. The van der Waals surface area contributed by atoms with Gasteiger partial charge < -0.3 is 10.2 Å². The van der Waals surface area contributed by atoms with Crippen molar-refractivity contribution in [3.63, 3.8) is 0 Å². The van der Waals surface area contributed by atoms with Gasteiger partial charge in [0, 0.05) is 24.2 Å². The largest absolute Gasteiger partial charge is 0.370 e. The molecule has 0 aromatic heterocycles. The Labute approximate surface area is 173 Å². The fraction of sp³-hybridized carbons (Fsp3) is 0.409. The number of carbonyl (C=O) groups is 1. The summed E-state index contributed by atoms with van der Waals surface area (Å²) >= 11 is 0. The fourth-order valence-electron chi connectivity index (χ4n) is 3.48. The van der Waals surface area contributed by atoms with Gasteiger partial charge in [0.25, 0.3) is 5.91 Å². The van der Waals surface area contributed by atoms with Gasteiger partial charge in [-0.25, -0.2) is 13.1 Å². The normalized spacial score (nSPS) is 14.8. The molecule has 3 rings (SSSR count). The van der Waals surface area contributed by atoms with Gasteiger partial charge in [-0.3, -0.25) is 4.79 Å². The Morgan fingerprint density at radius 1 is 1.03 bits per heavy atom. The van der Waals surface area contributed by atoms with Crippen molar-refractivity contribution in [1.82, 2.24) is 4.72 Å². The van der Waals surface area contributed by atoms with Crippen LogP contribution >= 0.6 is 0 Å². The summed E-state index contributed by atoms with van der Waals surface area (Å²) in [5.41, 5.74) is 2.18. The molecule has 1 amide bonds. The molecule has 7 heteroatoms. The number of anilines is 2. The lowest BCUT2D eigenvalue weighted by Gasteiger charge is -2.22. The molecule has 0 bridgehead atoms. The lowest BCUT2D eigenvalue weighted by atomic mass is 10.1. The number of benzene rings is 2. The smallest absolute Gasteiger partial charge is 0.256 e. The summed E-state index contributed by atoms with van der Waals surface area (Å²) in [4.78, 5) is 15.4. The molecule has 0 saturated carbocycles. The third-order valence-corrected chi connectivity index (χ3v) is 6.56. The molecular formula is C22H29N3O3S. The van der Waals surface area contributed by atoms with Crippen LogP contribution in [0.25, 0.3) is 0 Å². The number of hydrogen-bond acceptors (Lipinski definition) is 4. The zero-order valence-electron chi connectivity index (χ0n) is 17.5. The standard InChI is InChI=1S/C22H29N3O3S/c1-16-11-12-17(29(27,28)24-22(2,3)4)15-18(16)21(26)23-19-9-5-6-10-20(19)25-13-7-8-14-25/h5-6,9-12,15,24H,7-8,13-14H2,1-4H3,(H,23,26). The second-order valence-corrected chi connectivity index (χ2v) is 10.2. The predicted molar refractivity (Wildman–Crippen MR) is 117 cm³/mol. The lowest BCUT2D eigenvalue weighted by Crippen LogP contribution is -2.40. The molecule has 0 spiro atoms. The third kappa shape index (κ3) is 5.16. The Kier molecular flexibility index (Phi) is 6.00. The van der Waals surface area contributed by atoms with E-state index in [9.17, 15) is 13.2 Å². The average Bonchev–Trinajstić information content (AvgIpc) is 3.14. The van der Waals surface area contributed by atoms with E-state index >= 15 is 0 Å². The quantitative estimate of drug-likeness (QED) is 0.776. The highest BCUT2D eigenvalue weighted by Gasteiger charge is 2.24. The van der Waals surface area contributed by atoms with E-state index in [1.165, 1.54) is 12.1 Å². The SMILES string of the molecule is Cc1ccc(S(=O)(=O)NC(C)(C)C)cc1C(=O)Nc1ccccc1N1CCCC1. The number of rotatable bonds is 5. The van der Waals surface area contributed by atoms with Crippen LogP contribution in [0.1, 0.15) is 49.5 Å². The first kappa shape index (κ1) is 21.3. The van der Waals surface area contributed by atoms with Crippen molar-refractivity contribution < 1.29 is 13.2 Å². The Balaban J connectivity index is 1.89. The summed E-state index contributed by atoms with van der Waals surface area (Å²) in [6.45, 7) is 9.08. The Morgan fingerprint density at radius 2 is 1.69 bits per heavy atom. The number of nitrogens with one attached hydrogen (secondary N) is 2. The van der Waals surface area contributed by atoms with Gasteiger partial charge in [0.2, 0.25) is 10.0 Å². The number of sulfonamides is 1. The topological polar surface area (TPSA) is 78.5 Å². The number of amides is 1. The van der Waals surface area contributed by atoms with Crippen LogP contribution in [0.5, 0.6) is 0 Å². The molecule has 0 aliphatic carbocycles. The average molecular weight is 416 g/mol. The van der Waals surface area contributed by atoms with E-state index in [-0.39, 0.29) is 10.8 Å². The van der Waals surface area contributed by atoms with Crippen molar-refractivity contribution in [3.05, 3.63) is 53.6 Å². The van der Waals surface area contributed by atoms with E-state index in [1.807, 2.05) is 24.3 Å². The molecule has 6 nitrogen and oxygen atoms in total. The minimum atomic E-state index is -3.72. The summed E-state index contributed by atoms with van der Waals surface area (Å²) in [7, 11) is -3.72. The second-order valence-electron chi connectivity index (χ2n) is 8.50. The van der Waals surface area contributed by atoms with E-state index in [4.69, 9.17) is 0 Å². The molecule has 2 aromatic carbocycles. The highest BCUT2D eigenvalue weighted by molar-refractivity contribution is 7.89. The van der Waals surface area contributed by atoms with Gasteiger partial charge in [0.1, 0.15) is 0 Å². The maximum Gasteiger partial charge on any atom is 0.256 e. The van der Waals surface area contributed by atoms with Gasteiger partial charge in [0.15, 0.2) is 0 Å². The van der Waals surface area contributed by atoms with Crippen molar-refractivity contribution in [2.75, 3.05) is 23.3 Å². The van der Waals surface area contributed by atoms with Crippen LogP contribution in [0, 0.1) is 6.92 Å². The second kappa shape index (κ2) is 8.16. The summed E-state index contributed by atoms with van der Waals surface area (Å²) in [6.07, 6.45) is 2.28. The first-order valence-electron chi connectivity index (χ1n) is 9.87. The molecule has 156 valence electrons. The summed E-state index contributed by atoms with van der Waals surface area (Å²) in [5, 5.41) is 2.98. The van der Waals surface area contributed by atoms with Gasteiger partial charge in [-0.15, -0.1) is 0 Å². The predicted octanol–water partition coefficient (Wildman–Crippen LogP) is 3.92. The molecule has 0 radical (unpaired) electrons. The van der Waals surface area contributed by atoms with Gasteiger partial charge in [-0.05, 0) is 70.4 Å².